The van der Waals surface area contributed by atoms with Crippen LogP contribution in [0.3, 0.4) is 0 Å². The minimum atomic E-state index is -0.986. The third kappa shape index (κ3) is 5.36. The van der Waals surface area contributed by atoms with Gasteiger partial charge in [-0.1, -0.05) is 30.3 Å². The summed E-state index contributed by atoms with van der Waals surface area (Å²) in [5.41, 5.74) is 2.02. The van der Waals surface area contributed by atoms with E-state index in [1.807, 2.05) is 35.7 Å². The normalized spacial score (nSPS) is 11.4. The maximum atomic E-state index is 12.5. The molecule has 0 radical (unpaired) electrons. The van der Waals surface area contributed by atoms with Gasteiger partial charge in [0.1, 0.15) is 16.5 Å². The van der Waals surface area contributed by atoms with Gasteiger partial charge in [-0.3, -0.25) is 9.59 Å². The van der Waals surface area contributed by atoms with Gasteiger partial charge in [0.15, 0.2) is 6.10 Å². The first-order valence-corrected chi connectivity index (χ1v) is 10.1. The summed E-state index contributed by atoms with van der Waals surface area (Å²) in [5.74, 6) is 0.0328. The highest BCUT2D eigenvalue weighted by atomic mass is 32.1. The van der Waals surface area contributed by atoms with Gasteiger partial charge < -0.3 is 19.5 Å². The molecule has 0 aliphatic carbocycles. The van der Waals surface area contributed by atoms with Gasteiger partial charge in [-0.2, -0.15) is 0 Å². The van der Waals surface area contributed by atoms with Crippen molar-refractivity contribution in [2.75, 3.05) is 19.5 Å². The highest BCUT2D eigenvalue weighted by molar-refractivity contribution is 7.13. The number of carbonyl (C=O) groups excluding carboxylic acids is 2. The number of hydrogen-bond donors (Lipinski definition) is 1. The third-order valence-electron chi connectivity index (χ3n) is 4.24. The number of methoxy groups -OCH3 is 2. The number of rotatable bonds is 8. The van der Waals surface area contributed by atoms with E-state index in [0.717, 1.165) is 10.6 Å². The first-order chi connectivity index (χ1) is 14.5. The molecule has 7 nitrogen and oxygen atoms in total. The maximum absolute atomic E-state index is 12.5. The number of carbonyl (C=O) groups is 2. The van der Waals surface area contributed by atoms with Crippen LogP contribution in [0.25, 0.3) is 10.6 Å². The molecular formula is C22H22N2O5S. The number of anilines is 1. The largest absolute Gasteiger partial charge is 0.497 e. The zero-order chi connectivity index (χ0) is 21.5. The summed E-state index contributed by atoms with van der Waals surface area (Å²) < 4.78 is 15.7. The van der Waals surface area contributed by atoms with E-state index in [1.165, 1.54) is 32.5 Å². The maximum Gasteiger partial charge on any atom is 0.312 e. The van der Waals surface area contributed by atoms with Gasteiger partial charge in [0.05, 0.1) is 32.0 Å². The molecule has 30 heavy (non-hydrogen) atoms. The number of thiazole rings is 1. The molecule has 1 amide bonds. The molecule has 156 valence electrons. The van der Waals surface area contributed by atoms with Crippen LogP contribution in [0, 0.1) is 0 Å². The monoisotopic (exact) mass is 426 g/mol. The molecule has 3 aromatic rings. The summed E-state index contributed by atoms with van der Waals surface area (Å²) >= 11 is 1.46. The molecule has 2 aromatic carbocycles. The Hall–Kier alpha value is -3.39. The Morgan fingerprint density at radius 2 is 1.87 bits per heavy atom. The van der Waals surface area contributed by atoms with Gasteiger partial charge in [0.25, 0.3) is 5.91 Å². The summed E-state index contributed by atoms with van der Waals surface area (Å²) in [7, 11) is 3.03. The van der Waals surface area contributed by atoms with Crippen molar-refractivity contribution < 1.29 is 23.8 Å². The Kier molecular flexibility index (Phi) is 7.03. The average molecular weight is 426 g/mol. The van der Waals surface area contributed by atoms with E-state index < -0.39 is 18.0 Å². The molecule has 8 heteroatoms. The Labute approximate surface area is 178 Å². The van der Waals surface area contributed by atoms with Crippen LogP contribution in [0.15, 0.2) is 53.9 Å². The standard InChI is InChI=1S/C22H22N2O5S/c1-14(21(26)24-18-12-17(27-2)9-10-19(18)28-3)29-20(25)11-16-13-30-22(23-16)15-7-5-4-6-8-15/h4-10,12-14H,11H2,1-3H3,(H,24,26). The summed E-state index contributed by atoms with van der Waals surface area (Å²) in [6.07, 6.45) is -0.996. The SMILES string of the molecule is COc1ccc(OC)c(NC(=O)C(C)OC(=O)Cc2csc(-c3ccccc3)n2)c1. The molecule has 1 heterocycles. The number of benzene rings is 2. The fraction of sp³-hybridized carbons (Fsp3) is 0.227. The lowest BCUT2D eigenvalue weighted by atomic mass is 10.2. The minimum Gasteiger partial charge on any atom is -0.497 e. The molecule has 0 bridgehead atoms. The van der Waals surface area contributed by atoms with Crippen molar-refractivity contribution in [1.29, 1.82) is 0 Å². The number of ether oxygens (including phenoxy) is 3. The Morgan fingerprint density at radius 3 is 2.57 bits per heavy atom. The summed E-state index contributed by atoms with van der Waals surface area (Å²) in [4.78, 5) is 29.2. The van der Waals surface area contributed by atoms with Gasteiger partial charge in [-0.05, 0) is 19.1 Å². The number of amides is 1. The van der Waals surface area contributed by atoms with Crippen molar-refractivity contribution >= 4 is 28.9 Å². The van der Waals surface area contributed by atoms with E-state index in [9.17, 15) is 9.59 Å². The highest BCUT2D eigenvalue weighted by Crippen LogP contribution is 2.29. The lowest BCUT2D eigenvalue weighted by Crippen LogP contribution is -2.30. The summed E-state index contributed by atoms with van der Waals surface area (Å²) in [6.45, 7) is 1.51. The van der Waals surface area contributed by atoms with Gasteiger partial charge >= 0.3 is 5.97 Å². The smallest absolute Gasteiger partial charge is 0.312 e. The van der Waals surface area contributed by atoms with Gasteiger partial charge in [-0.25, -0.2) is 4.98 Å². The quantitative estimate of drug-likeness (QED) is 0.549. The van der Waals surface area contributed by atoms with Gasteiger partial charge in [0, 0.05) is 17.0 Å². The van der Waals surface area contributed by atoms with Crippen LogP contribution < -0.4 is 14.8 Å². The molecular weight excluding hydrogens is 404 g/mol. The Bertz CT molecular complexity index is 1020. The second-order valence-corrected chi connectivity index (χ2v) is 7.23. The predicted octanol–water partition coefficient (Wildman–Crippen LogP) is 3.94. The highest BCUT2D eigenvalue weighted by Gasteiger charge is 2.20. The molecule has 0 aliphatic rings. The van der Waals surface area contributed by atoms with E-state index in [0.29, 0.717) is 22.9 Å². The van der Waals surface area contributed by atoms with Crippen molar-refractivity contribution in [1.82, 2.24) is 4.98 Å². The number of esters is 1. The number of hydrogen-bond acceptors (Lipinski definition) is 7. The molecule has 0 saturated heterocycles. The lowest BCUT2D eigenvalue weighted by Gasteiger charge is -2.15. The van der Waals surface area contributed by atoms with Crippen LogP contribution in [0.5, 0.6) is 11.5 Å². The van der Waals surface area contributed by atoms with Crippen molar-refractivity contribution in [3.05, 3.63) is 59.6 Å². The Morgan fingerprint density at radius 1 is 1.10 bits per heavy atom. The minimum absolute atomic E-state index is 0.0105. The molecule has 0 fully saturated rings. The molecule has 0 saturated carbocycles. The van der Waals surface area contributed by atoms with E-state index in [2.05, 4.69) is 10.3 Å². The molecule has 1 N–H and O–H groups in total. The fourth-order valence-electron chi connectivity index (χ4n) is 2.69. The third-order valence-corrected chi connectivity index (χ3v) is 5.18. The fourth-order valence-corrected chi connectivity index (χ4v) is 3.51. The predicted molar refractivity (Wildman–Crippen MR) is 115 cm³/mol. The van der Waals surface area contributed by atoms with Crippen LogP contribution in [0.1, 0.15) is 12.6 Å². The topological polar surface area (TPSA) is 86.8 Å². The van der Waals surface area contributed by atoms with E-state index >= 15 is 0 Å². The van der Waals surface area contributed by atoms with E-state index in [-0.39, 0.29) is 6.42 Å². The zero-order valence-electron chi connectivity index (χ0n) is 16.9. The Balaban J connectivity index is 1.58. The van der Waals surface area contributed by atoms with Crippen molar-refractivity contribution in [2.45, 2.75) is 19.4 Å². The molecule has 1 aromatic heterocycles. The van der Waals surface area contributed by atoms with Gasteiger partial charge in [0.2, 0.25) is 0 Å². The molecule has 1 atom stereocenters. The van der Waals surface area contributed by atoms with Crippen LogP contribution in [-0.4, -0.2) is 37.2 Å². The first-order valence-electron chi connectivity index (χ1n) is 9.22. The molecule has 3 rings (SSSR count). The number of nitrogens with one attached hydrogen (secondary N) is 1. The van der Waals surface area contributed by atoms with Crippen molar-refractivity contribution in [3.63, 3.8) is 0 Å². The van der Waals surface area contributed by atoms with Gasteiger partial charge in [-0.15, -0.1) is 11.3 Å². The molecule has 1 unspecified atom stereocenters. The molecule has 0 spiro atoms. The number of aromatic nitrogens is 1. The van der Waals surface area contributed by atoms with E-state index in [4.69, 9.17) is 14.2 Å². The molecule has 0 aliphatic heterocycles. The zero-order valence-corrected chi connectivity index (χ0v) is 17.7. The summed E-state index contributed by atoms with van der Waals surface area (Å²) in [6, 6.07) is 14.7. The second-order valence-electron chi connectivity index (χ2n) is 6.37. The van der Waals surface area contributed by atoms with E-state index in [1.54, 1.807) is 18.2 Å². The van der Waals surface area contributed by atoms with Crippen LogP contribution >= 0.6 is 11.3 Å². The van der Waals surface area contributed by atoms with Crippen molar-refractivity contribution in [2.24, 2.45) is 0 Å². The lowest BCUT2D eigenvalue weighted by molar-refractivity contribution is -0.152. The number of nitrogens with zero attached hydrogens (tertiary/aromatic N) is 1. The van der Waals surface area contributed by atoms with Crippen molar-refractivity contribution in [3.8, 4) is 22.1 Å². The average Bonchev–Trinajstić information content (AvgIpc) is 3.22. The van der Waals surface area contributed by atoms with Crippen LogP contribution in [0.4, 0.5) is 5.69 Å². The second kappa shape index (κ2) is 9.89. The first kappa shape index (κ1) is 21.3. The van der Waals surface area contributed by atoms with Crippen LogP contribution in [0.2, 0.25) is 0 Å². The summed E-state index contributed by atoms with van der Waals surface area (Å²) in [5, 5.41) is 5.34. The van der Waals surface area contributed by atoms with Crippen LogP contribution in [-0.2, 0) is 20.7 Å².